The molecular weight excluding hydrogens is 218 g/mol. The van der Waals surface area contributed by atoms with E-state index in [1.165, 1.54) is 4.68 Å². The molecule has 6 nitrogen and oxygen atoms in total. The van der Waals surface area contributed by atoms with Crippen molar-refractivity contribution in [2.24, 2.45) is 5.73 Å². The Hall–Kier alpha value is -1.43. The number of nitrogens with zero attached hydrogens (tertiary/aromatic N) is 4. The van der Waals surface area contributed by atoms with E-state index in [-0.39, 0.29) is 24.5 Å². The maximum Gasteiger partial charge on any atom is 0.244 e. The van der Waals surface area contributed by atoms with Gasteiger partial charge in [-0.1, -0.05) is 5.21 Å². The largest absolute Gasteiger partial charge is 0.336 e. The highest BCUT2D eigenvalue weighted by Crippen LogP contribution is 2.06. The van der Waals surface area contributed by atoms with E-state index in [0.29, 0.717) is 12.2 Å². The summed E-state index contributed by atoms with van der Waals surface area (Å²) < 4.78 is 1.53. The zero-order valence-corrected chi connectivity index (χ0v) is 10.9. The molecule has 0 saturated heterocycles. The quantitative estimate of drug-likeness (QED) is 0.806. The van der Waals surface area contributed by atoms with Crippen molar-refractivity contribution < 1.29 is 4.79 Å². The second-order valence-corrected chi connectivity index (χ2v) is 4.60. The number of amides is 1. The third-order valence-electron chi connectivity index (χ3n) is 2.49. The summed E-state index contributed by atoms with van der Waals surface area (Å²) in [5.74, 6) is 0.0449. The van der Waals surface area contributed by atoms with Gasteiger partial charge in [-0.05, 0) is 27.7 Å². The van der Waals surface area contributed by atoms with Crippen molar-refractivity contribution in [2.75, 3.05) is 0 Å². The summed E-state index contributed by atoms with van der Waals surface area (Å²) in [6, 6.07) is 0.361. The Morgan fingerprint density at radius 3 is 2.41 bits per heavy atom. The van der Waals surface area contributed by atoms with Gasteiger partial charge in [-0.3, -0.25) is 4.79 Å². The van der Waals surface area contributed by atoms with Gasteiger partial charge in [0.2, 0.25) is 5.91 Å². The molecule has 6 heteroatoms. The van der Waals surface area contributed by atoms with Crippen LogP contribution in [0.15, 0.2) is 6.20 Å². The molecule has 1 rings (SSSR count). The minimum absolute atomic E-state index is 0.0449. The molecule has 0 saturated carbocycles. The molecule has 0 fully saturated rings. The smallest absolute Gasteiger partial charge is 0.244 e. The minimum atomic E-state index is 0.0449. The van der Waals surface area contributed by atoms with Crippen molar-refractivity contribution in [3.63, 3.8) is 0 Å². The van der Waals surface area contributed by atoms with Gasteiger partial charge in [0, 0.05) is 18.6 Å². The molecule has 0 unspecified atom stereocenters. The van der Waals surface area contributed by atoms with Crippen molar-refractivity contribution in [2.45, 2.75) is 52.9 Å². The second kappa shape index (κ2) is 5.77. The normalized spacial score (nSPS) is 11.2. The van der Waals surface area contributed by atoms with Gasteiger partial charge in [-0.15, -0.1) is 5.10 Å². The Balaban J connectivity index is 2.70. The molecule has 0 spiro atoms. The van der Waals surface area contributed by atoms with Crippen LogP contribution in [0.2, 0.25) is 0 Å². The van der Waals surface area contributed by atoms with E-state index < -0.39 is 0 Å². The van der Waals surface area contributed by atoms with Crippen LogP contribution in [0.3, 0.4) is 0 Å². The van der Waals surface area contributed by atoms with Gasteiger partial charge in [0.1, 0.15) is 6.54 Å². The first-order valence-electron chi connectivity index (χ1n) is 5.86. The lowest BCUT2D eigenvalue weighted by Crippen LogP contribution is -2.43. The van der Waals surface area contributed by atoms with Crippen LogP contribution < -0.4 is 5.73 Å². The van der Waals surface area contributed by atoms with Gasteiger partial charge in [-0.25, -0.2) is 4.68 Å². The van der Waals surface area contributed by atoms with E-state index >= 15 is 0 Å². The van der Waals surface area contributed by atoms with Gasteiger partial charge >= 0.3 is 0 Å². The summed E-state index contributed by atoms with van der Waals surface area (Å²) >= 11 is 0. The molecule has 0 radical (unpaired) electrons. The van der Waals surface area contributed by atoms with Gasteiger partial charge in [0.05, 0.1) is 11.9 Å². The Kier molecular flexibility index (Phi) is 4.62. The lowest BCUT2D eigenvalue weighted by atomic mass is 10.2. The average molecular weight is 239 g/mol. The summed E-state index contributed by atoms with van der Waals surface area (Å²) in [5, 5.41) is 7.72. The van der Waals surface area contributed by atoms with Crippen molar-refractivity contribution in [1.82, 2.24) is 19.9 Å². The van der Waals surface area contributed by atoms with E-state index in [1.54, 1.807) is 6.20 Å². The van der Waals surface area contributed by atoms with Crippen molar-refractivity contribution in [3.05, 3.63) is 11.9 Å². The third kappa shape index (κ3) is 3.52. The molecule has 0 bridgehead atoms. The molecule has 0 aromatic carbocycles. The van der Waals surface area contributed by atoms with Gasteiger partial charge in [-0.2, -0.15) is 0 Å². The standard InChI is InChI=1S/C11H21N5O/c1-8(2)16(9(3)4)11(17)7-15-6-10(5-12)13-14-15/h6,8-9H,5,7,12H2,1-4H3. The van der Waals surface area contributed by atoms with Crippen LogP contribution in [0.4, 0.5) is 0 Å². The first-order valence-corrected chi connectivity index (χ1v) is 5.86. The molecule has 0 aliphatic carbocycles. The van der Waals surface area contributed by atoms with E-state index in [4.69, 9.17) is 5.73 Å². The fourth-order valence-corrected chi connectivity index (χ4v) is 1.90. The highest BCUT2D eigenvalue weighted by Gasteiger charge is 2.20. The van der Waals surface area contributed by atoms with Gasteiger partial charge < -0.3 is 10.6 Å². The Morgan fingerprint density at radius 2 is 2.00 bits per heavy atom. The monoisotopic (exact) mass is 239 g/mol. The Labute approximate surface area is 102 Å². The maximum atomic E-state index is 12.1. The number of hydrogen-bond donors (Lipinski definition) is 1. The van der Waals surface area contributed by atoms with E-state index in [1.807, 2.05) is 32.6 Å². The van der Waals surface area contributed by atoms with Crippen LogP contribution in [0, 0.1) is 0 Å². The van der Waals surface area contributed by atoms with Crippen LogP contribution in [0.1, 0.15) is 33.4 Å². The highest BCUT2D eigenvalue weighted by molar-refractivity contribution is 5.76. The molecule has 1 heterocycles. The average Bonchev–Trinajstić information content (AvgIpc) is 2.64. The number of hydrogen-bond acceptors (Lipinski definition) is 4. The van der Waals surface area contributed by atoms with Gasteiger partial charge in [0.15, 0.2) is 0 Å². The molecule has 1 amide bonds. The van der Waals surface area contributed by atoms with Crippen molar-refractivity contribution >= 4 is 5.91 Å². The van der Waals surface area contributed by atoms with E-state index in [2.05, 4.69) is 10.3 Å². The minimum Gasteiger partial charge on any atom is -0.336 e. The van der Waals surface area contributed by atoms with Crippen LogP contribution in [-0.2, 0) is 17.9 Å². The number of carbonyl (C=O) groups excluding carboxylic acids is 1. The molecule has 0 aliphatic heterocycles. The zero-order valence-electron chi connectivity index (χ0n) is 10.9. The second-order valence-electron chi connectivity index (χ2n) is 4.60. The Bertz CT molecular complexity index is 364. The first kappa shape index (κ1) is 13.6. The summed E-state index contributed by atoms with van der Waals surface area (Å²) in [6.45, 7) is 8.57. The van der Waals surface area contributed by atoms with Crippen molar-refractivity contribution in [3.8, 4) is 0 Å². The molecule has 96 valence electrons. The van der Waals surface area contributed by atoms with Crippen molar-refractivity contribution in [1.29, 1.82) is 0 Å². The number of nitrogens with two attached hydrogens (primary N) is 1. The highest BCUT2D eigenvalue weighted by atomic mass is 16.2. The zero-order chi connectivity index (χ0) is 13.0. The van der Waals surface area contributed by atoms with E-state index in [9.17, 15) is 4.79 Å². The molecule has 17 heavy (non-hydrogen) atoms. The summed E-state index contributed by atoms with van der Waals surface area (Å²) in [5.41, 5.74) is 6.13. The molecular formula is C11H21N5O. The molecule has 2 N–H and O–H groups in total. The molecule has 1 aromatic heterocycles. The van der Waals surface area contributed by atoms with Gasteiger partial charge in [0.25, 0.3) is 0 Å². The lowest BCUT2D eigenvalue weighted by Gasteiger charge is -2.30. The number of rotatable bonds is 5. The number of aromatic nitrogens is 3. The number of carbonyl (C=O) groups is 1. The fourth-order valence-electron chi connectivity index (χ4n) is 1.90. The summed E-state index contributed by atoms with van der Waals surface area (Å²) in [7, 11) is 0. The topological polar surface area (TPSA) is 77.0 Å². The first-order chi connectivity index (χ1) is 7.95. The SMILES string of the molecule is CC(C)N(C(=O)Cn1cc(CN)nn1)C(C)C. The summed E-state index contributed by atoms with van der Waals surface area (Å²) in [4.78, 5) is 13.9. The summed E-state index contributed by atoms with van der Waals surface area (Å²) in [6.07, 6.45) is 1.71. The maximum absolute atomic E-state index is 12.1. The van der Waals surface area contributed by atoms with Crippen LogP contribution in [0.5, 0.6) is 0 Å². The van der Waals surface area contributed by atoms with Crippen LogP contribution in [-0.4, -0.2) is 37.9 Å². The lowest BCUT2D eigenvalue weighted by molar-refractivity contribution is -0.135. The van der Waals surface area contributed by atoms with Crippen LogP contribution >= 0.6 is 0 Å². The van der Waals surface area contributed by atoms with Crippen LogP contribution in [0.25, 0.3) is 0 Å². The van der Waals surface area contributed by atoms with E-state index in [0.717, 1.165) is 0 Å². The molecule has 0 atom stereocenters. The molecule has 1 aromatic rings. The Morgan fingerprint density at radius 1 is 1.41 bits per heavy atom. The fraction of sp³-hybridized carbons (Fsp3) is 0.727. The third-order valence-corrected chi connectivity index (χ3v) is 2.49. The predicted octanol–water partition coefficient (Wildman–Crippen LogP) is 0.382. The molecule has 0 aliphatic rings. The predicted molar refractivity (Wildman–Crippen MR) is 65.0 cm³/mol.